The summed E-state index contributed by atoms with van der Waals surface area (Å²) in [5, 5.41) is 8.09. The van der Waals surface area contributed by atoms with Crippen molar-refractivity contribution in [3.63, 3.8) is 0 Å². The molecule has 0 saturated carbocycles. The number of rotatable bonds is 2. The van der Waals surface area contributed by atoms with Crippen LogP contribution in [0.15, 0.2) is 0 Å². The number of hydrogen-bond donors (Lipinski definition) is 3. The molecule has 0 amide bonds. The lowest BCUT2D eigenvalue weighted by molar-refractivity contribution is -0.139. The molecule has 0 radical (unpaired) electrons. The SMILES string of the molecule is CC(=O)S.CC(C)[C@H](N)C(=O)O. The van der Waals surface area contributed by atoms with E-state index in [1.807, 2.05) is 0 Å². The van der Waals surface area contributed by atoms with Crippen LogP contribution in [0.25, 0.3) is 0 Å². The summed E-state index contributed by atoms with van der Waals surface area (Å²) in [5.41, 5.74) is 5.16. The Bertz CT molecular complexity index is 155. The van der Waals surface area contributed by atoms with Crippen molar-refractivity contribution in [2.75, 3.05) is 0 Å². The Labute approximate surface area is 77.5 Å². The van der Waals surface area contributed by atoms with Crippen LogP contribution >= 0.6 is 12.6 Å². The molecule has 0 bridgehead atoms. The molecule has 0 aromatic rings. The van der Waals surface area contributed by atoms with Crippen LogP contribution in [0.3, 0.4) is 0 Å². The van der Waals surface area contributed by atoms with Gasteiger partial charge in [-0.2, -0.15) is 0 Å². The Morgan fingerprint density at radius 2 is 1.67 bits per heavy atom. The lowest BCUT2D eigenvalue weighted by Gasteiger charge is -2.07. The third-order valence-electron chi connectivity index (χ3n) is 1.00. The summed E-state index contributed by atoms with van der Waals surface area (Å²) < 4.78 is 0. The van der Waals surface area contributed by atoms with Crippen LogP contribution in [0.4, 0.5) is 0 Å². The van der Waals surface area contributed by atoms with Crippen molar-refractivity contribution in [3.8, 4) is 0 Å². The highest BCUT2D eigenvalue weighted by Crippen LogP contribution is 1.96. The number of nitrogens with two attached hydrogens (primary N) is 1. The van der Waals surface area contributed by atoms with Crippen LogP contribution in [-0.2, 0) is 9.59 Å². The molecule has 1 atom stereocenters. The minimum atomic E-state index is -0.931. The number of carbonyl (C=O) groups excluding carboxylic acids is 1. The first-order valence-electron chi connectivity index (χ1n) is 3.47. The molecule has 0 aliphatic rings. The Kier molecular flexibility index (Phi) is 8.31. The van der Waals surface area contributed by atoms with E-state index in [1.165, 1.54) is 6.92 Å². The lowest BCUT2D eigenvalue weighted by atomic mass is 10.1. The maximum Gasteiger partial charge on any atom is 0.320 e. The number of hydrogen-bond acceptors (Lipinski definition) is 3. The first kappa shape index (κ1) is 14.0. The zero-order valence-corrected chi connectivity index (χ0v) is 8.34. The first-order valence-corrected chi connectivity index (χ1v) is 3.91. The molecule has 0 spiro atoms. The van der Waals surface area contributed by atoms with E-state index >= 15 is 0 Å². The molecule has 0 fully saturated rings. The number of carboxylic acid groups (broad SMARTS) is 1. The second kappa shape index (κ2) is 7.12. The topological polar surface area (TPSA) is 80.4 Å². The minimum absolute atomic E-state index is 0.0208. The van der Waals surface area contributed by atoms with Gasteiger partial charge >= 0.3 is 5.97 Å². The molecule has 4 nitrogen and oxygen atoms in total. The molecule has 0 aromatic heterocycles. The zero-order chi connectivity index (χ0) is 10.3. The first-order chi connectivity index (χ1) is 5.29. The summed E-state index contributed by atoms with van der Waals surface area (Å²) in [7, 11) is 0. The minimum Gasteiger partial charge on any atom is -0.480 e. The Morgan fingerprint density at radius 3 is 1.67 bits per heavy atom. The predicted octanol–water partition coefficient (Wildman–Crippen LogP) is 0.517. The molecule has 0 rings (SSSR count). The van der Waals surface area contributed by atoms with E-state index in [9.17, 15) is 9.59 Å². The van der Waals surface area contributed by atoms with Crippen molar-refractivity contribution in [1.29, 1.82) is 0 Å². The molecule has 3 N–H and O–H groups in total. The van der Waals surface area contributed by atoms with Crippen LogP contribution in [0.1, 0.15) is 20.8 Å². The average Bonchev–Trinajstić information content (AvgIpc) is 1.84. The summed E-state index contributed by atoms with van der Waals surface area (Å²) in [6.45, 7) is 4.95. The largest absolute Gasteiger partial charge is 0.480 e. The van der Waals surface area contributed by atoms with Crippen molar-refractivity contribution in [1.82, 2.24) is 0 Å². The van der Waals surface area contributed by atoms with E-state index in [2.05, 4.69) is 12.6 Å². The molecule has 12 heavy (non-hydrogen) atoms. The van der Waals surface area contributed by atoms with E-state index in [-0.39, 0.29) is 11.0 Å². The highest BCUT2D eigenvalue weighted by molar-refractivity contribution is 7.96. The third kappa shape index (κ3) is 12.2. The predicted molar refractivity (Wildman–Crippen MR) is 50.1 cm³/mol. The highest BCUT2D eigenvalue weighted by atomic mass is 32.1. The van der Waals surface area contributed by atoms with E-state index in [0.717, 1.165) is 0 Å². The molecular formula is C7H15NO3S. The fourth-order valence-electron chi connectivity index (χ4n) is 0.285. The van der Waals surface area contributed by atoms with E-state index in [1.54, 1.807) is 13.8 Å². The number of aliphatic carboxylic acids is 1. The summed E-state index contributed by atoms with van der Waals surface area (Å²) in [4.78, 5) is 19.3. The standard InChI is InChI=1S/C5H11NO2.C2H4OS/c1-3(2)4(6)5(7)8;1-2(3)4/h3-4H,6H2,1-2H3,(H,7,8);1H3,(H,3,4)/t4-;/m0./s1. The Morgan fingerprint density at radius 1 is 1.42 bits per heavy atom. The number of carbonyl (C=O) groups is 2. The maximum atomic E-state index is 10.0. The van der Waals surface area contributed by atoms with Crippen molar-refractivity contribution in [3.05, 3.63) is 0 Å². The van der Waals surface area contributed by atoms with Gasteiger partial charge in [-0.1, -0.05) is 13.8 Å². The molecule has 72 valence electrons. The summed E-state index contributed by atoms with van der Waals surface area (Å²) >= 11 is 3.33. The summed E-state index contributed by atoms with van der Waals surface area (Å²) in [5.74, 6) is -0.910. The van der Waals surface area contributed by atoms with Crippen molar-refractivity contribution < 1.29 is 14.7 Å². The van der Waals surface area contributed by atoms with Gasteiger partial charge in [0.1, 0.15) is 6.04 Å². The van der Waals surface area contributed by atoms with Crippen LogP contribution in [0.2, 0.25) is 0 Å². The van der Waals surface area contributed by atoms with Gasteiger partial charge in [0.15, 0.2) is 5.12 Å². The number of thiol groups is 1. The molecule has 0 heterocycles. The molecule has 0 unspecified atom stereocenters. The average molecular weight is 193 g/mol. The summed E-state index contributed by atoms with van der Waals surface area (Å²) in [6.07, 6.45) is 0. The molecule has 5 heteroatoms. The second-order valence-electron chi connectivity index (χ2n) is 2.63. The van der Waals surface area contributed by atoms with Crippen molar-refractivity contribution in [2.24, 2.45) is 11.7 Å². The van der Waals surface area contributed by atoms with E-state index in [0.29, 0.717) is 0 Å². The van der Waals surface area contributed by atoms with E-state index in [4.69, 9.17) is 10.8 Å². The molecule has 0 aliphatic heterocycles. The van der Waals surface area contributed by atoms with Gasteiger partial charge < -0.3 is 10.8 Å². The van der Waals surface area contributed by atoms with Gasteiger partial charge in [-0.3, -0.25) is 9.59 Å². The van der Waals surface area contributed by atoms with Gasteiger partial charge in [-0.25, -0.2) is 0 Å². The van der Waals surface area contributed by atoms with Crippen LogP contribution < -0.4 is 5.73 Å². The molecule has 0 aliphatic carbocycles. The van der Waals surface area contributed by atoms with Gasteiger partial charge in [0, 0.05) is 6.92 Å². The number of carboxylic acids is 1. The monoisotopic (exact) mass is 193 g/mol. The second-order valence-corrected chi connectivity index (χ2v) is 3.26. The quantitative estimate of drug-likeness (QED) is 0.558. The van der Waals surface area contributed by atoms with Crippen LogP contribution in [0, 0.1) is 5.92 Å². The Balaban J connectivity index is 0. The smallest absolute Gasteiger partial charge is 0.320 e. The van der Waals surface area contributed by atoms with Gasteiger partial charge in [0.2, 0.25) is 0 Å². The van der Waals surface area contributed by atoms with Crippen LogP contribution in [0.5, 0.6) is 0 Å². The Hall–Kier alpha value is -0.550. The third-order valence-corrected chi connectivity index (χ3v) is 1.00. The van der Waals surface area contributed by atoms with Crippen LogP contribution in [-0.4, -0.2) is 22.2 Å². The normalized spacial score (nSPS) is 11.5. The highest BCUT2D eigenvalue weighted by Gasteiger charge is 2.14. The fourth-order valence-corrected chi connectivity index (χ4v) is 0.285. The van der Waals surface area contributed by atoms with Crippen molar-refractivity contribution >= 4 is 23.7 Å². The fraction of sp³-hybridized carbons (Fsp3) is 0.714. The summed E-state index contributed by atoms with van der Waals surface area (Å²) in [6, 6.07) is -0.713. The molecule has 0 saturated heterocycles. The lowest BCUT2D eigenvalue weighted by Crippen LogP contribution is -2.34. The van der Waals surface area contributed by atoms with Gasteiger partial charge in [-0.15, -0.1) is 12.6 Å². The van der Waals surface area contributed by atoms with Gasteiger partial charge in [0.05, 0.1) is 0 Å². The zero-order valence-electron chi connectivity index (χ0n) is 7.44. The van der Waals surface area contributed by atoms with Crippen molar-refractivity contribution in [2.45, 2.75) is 26.8 Å². The van der Waals surface area contributed by atoms with Gasteiger partial charge in [0.25, 0.3) is 0 Å². The molecular weight excluding hydrogens is 178 g/mol. The van der Waals surface area contributed by atoms with Gasteiger partial charge in [-0.05, 0) is 5.92 Å². The van der Waals surface area contributed by atoms with E-state index < -0.39 is 12.0 Å². The maximum absolute atomic E-state index is 10.0. The molecule has 0 aromatic carbocycles.